The van der Waals surface area contributed by atoms with E-state index in [-0.39, 0.29) is 0 Å². The zero-order chi connectivity index (χ0) is 15.2. The summed E-state index contributed by atoms with van der Waals surface area (Å²) >= 11 is 1.52. The Kier molecular flexibility index (Phi) is 5.65. The highest BCUT2D eigenvalue weighted by Gasteiger charge is 2.02. The van der Waals surface area contributed by atoms with Crippen LogP contribution in [0.4, 0.5) is 0 Å². The van der Waals surface area contributed by atoms with Gasteiger partial charge in [-0.2, -0.15) is 0 Å². The Morgan fingerprint density at radius 2 is 1.57 bits per heavy atom. The maximum Gasteiger partial charge on any atom is 0.118 e. The third-order valence-corrected chi connectivity index (χ3v) is 5.51. The van der Waals surface area contributed by atoms with Crippen LogP contribution in [0.2, 0.25) is 0 Å². The lowest BCUT2D eigenvalue weighted by Gasteiger charge is -2.05. The maximum absolute atomic E-state index is 11.5. The van der Waals surface area contributed by atoms with E-state index in [1.165, 1.54) is 11.8 Å². The molecule has 0 aliphatic carbocycles. The highest BCUT2D eigenvalue weighted by atomic mass is 32.2. The number of thioether (sulfide) groups is 1. The van der Waals surface area contributed by atoms with Gasteiger partial charge in [-0.15, -0.1) is 11.8 Å². The van der Waals surface area contributed by atoms with Crippen molar-refractivity contribution in [1.82, 2.24) is 0 Å². The summed E-state index contributed by atoms with van der Waals surface area (Å²) in [7, 11) is 0.725. The van der Waals surface area contributed by atoms with Gasteiger partial charge < -0.3 is 4.74 Å². The van der Waals surface area contributed by atoms with Gasteiger partial charge in [0.15, 0.2) is 0 Å². The molecule has 0 heterocycles. The van der Waals surface area contributed by atoms with Gasteiger partial charge in [-0.3, -0.25) is 4.21 Å². The minimum Gasteiger partial charge on any atom is -0.497 e. The predicted molar refractivity (Wildman–Crippen MR) is 94.0 cm³/mol. The van der Waals surface area contributed by atoms with E-state index >= 15 is 0 Å². The Morgan fingerprint density at radius 1 is 1.05 bits per heavy atom. The average molecular weight is 318 g/mol. The van der Waals surface area contributed by atoms with Gasteiger partial charge in [0.05, 0.1) is 22.1 Å². The summed E-state index contributed by atoms with van der Waals surface area (Å²) in [5, 5.41) is 0. The minimum atomic E-state index is -0.939. The molecule has 2 aromatic carbocycles. The standard InChI is InChI=1S/C17H18O2S2/c1-19-16-10-8-15(9-11-16)14-6-4-13(5-7-14)12-17(20-2)21(3)18/h4-12H,1-3H3/b17-12+. The lowest BCUT2D eigenvalue weighted by atomic mass is 10.0. The van der Waals surface area contributed by atoms with Crippen molar-refractivity contribution in [3.8, 4) is 16.9 Å². The molecular formula is C17H18O2S2. The van der Waals surface area contributed by atoms with Crippen molar-refractivity contribution >= 4 is 28.6 Å². The second kappa shape index (κ2) is 7.48. The molecule has 2 nitrogen and oxygen atoms in total. The Bertz CT molecular complexity index is 643. The molecule has 0 radical (unpaired) electrons. The highest BCUT2D eigenvalue weighted by molar-refractivity contribution is 8.16. The molecule has 0 amide bonds. The normalized spacial score (nSPS) is 13.0. The number of hydrogen-bond acceptors (Lipinski definition) is 3. The third-order valence-electron chi connectivity index (χ3n) is 3.10. The zero-order valence-electron chi connectivity index (χ0n) is 12.3. The summed E-state index contributed by atoms with van der Waals surface area (Å²) in [5.74, 6) is 0.855. The van der Waals surface area contributed by atoms with E-state index < -0.39 is 10.8 Å². The van der Waals surface area contributed by atoms with Gasteiger partial charge in [0.25, 0.3) is 0 Å². The average Bonchev–Trinajstić information content (AvgIpc) is 2.53. The highest BCUT2D eigenvalue weighted by Crippen LogP contribution is 2.24. The van der Waals surface area contributed by atoms with Gasteiger partial charge in [0, 0.05) is 6.26 Å². The molecule has 0 spiro atoms. The van der Waals surface area contributed by atoms with Gasteiger partial charge in [-0.05, 0) is 41.2 Å². The molecule has 4 heteroatoms. The number of ether oxygens (including phenoxy) is 1. The van der Waals surface area contributed by atoms with Crippen molar-refractivity contribution in [1.29, 1.82) is 0 Å². The second-order valence-electron chi connectivity index (χ2n) is 4.47. The second-order valence-corrected chi connectivity index (χ2v) is 6.93. The van der Waals surface area contributed by atoms with Gasteiger partial charge in [-0.25, -0.2) is 0 Å². The van der Waals surface area contributed by atoms with Crippen molar-refractivity contribution < 1.29 is 8.95 Å². The first-order valence-electron chi connectivity index (χ1n) is 6.47. The largest absolute Gasteiger partial charge is 0.497 e. The summed E-state index contributed by atoms with van der Waals surface area (Å²) < 4.78 is 17.6. The molecule has 1 unspecified atom stereocenters. The van der Waals surface area contributed by atoms with Crippen molar-refractivity contribution in [3.63, 3.8) is 0 Å². The van der Waals surface area contributed by atoms with Crippen molar-refractivity contribution in [2.75, 3.05) is 19.6 Å². The molecule has 110 valence electrons. The molecule has 0 saturated heterocycles. The maximum atomic E-state index is 11.5. The van der Waals surface area contributed by atoms with Crippen LogP contribution in [0.1, 0.15) is 5.56 Å². The quantitative estimate of drug-likeness (QED) is 0.817. The Hall–Kier alpha value is -1.52. The van der Waals surface area contributed by atoms with Gasteiger partial charge >= 0.3 is 0 Å². The molecule has 0 aliphatic heterocycles. The Labute approximate surface area is 132 Å². The number of hydrogen-bond donors (Lipinski definition) is 0. The lowest BCUT2D eigenvalue weighted by molar-refractivity contribution is 0.415. The van der Waals surface area contributed by atoms with Crippen LogP contribution in [0.3, 0.4) is 0 Å². The summed E-state index contributed by atoms with van der Waals surface area (Å²) in [5.41, 5.74) is 3.36. The molecule has 1 atom stereocenters. The first-order valence-corrected chi connectivity index (χ1v) is 9.26. The van der Waals surface area contributed by atoms with Crippen LogP contribution >= 0.6 is 11.8 Å². The van der Waals surface area contributed by atoms with Crippen LogP contribution < -0.4 is 4.74 Å². The molecule has 2 rings (SSSR count). The van der Waals surface area contributed by atoms with Crippen molar-refractivity contribution in [2.45, 2.75) is 0 Å². The summed E-state index contributed by atoms with van der Waals surface area (Å²) in [6.45, 7) is 0. The monoisotopic (exact) mass is 318 g/mol. The van der Waals surface area contributed by atoms with Crippen LogP contribution in [0.15, 0.2) is 52.8 Å². The van der Waals surface area contributed by atoms with Crippen LogP contribution in [-0.2, 0) is 10.8 Å². The van der Waals surface area contributed by atoms with Crippen LogP contribution in [0.25, 0.3) is 17.2 Å². The summed E-state index contributed by atoms with van der Waals surface area (Å²) in [4.78, 5) is 0. The van der Waals surface area contributed by atoms with Gasteiger partial charge in [-0.1, -0.05) is 36.4 Å². The number of methoxy groups -OCH3 is 1. The van der Waals surface area contributed by atoms with E-state index in [1.54, 1.807) is 13.4 Å². The molecule has 0 fully saturated rings. The fraction of sp³-hybridized carbons (Fsp3) is 0.176. The molecule has 21 heavy (non-hydrogen) atoms. The fourth-order valence-corrected chi connectivity index (χ4v) is 3.45. The van der Waals surface area contributed by atoms with Crippen LogP contribution in [0.5, 0.6) is 5.75 Å². The molecule has 0 saturated carbocycles. The Morgan fingerprint density at radius 3 is 2.00 bits per heavy atom. The molecular weight excluding hydrogens is 300 g/mol. The van der Waals surface area contributed by atoms with Gasteiger partial charge in [0.1, 0.15) is 5.75 Å². The van der Waals surface area contributed by atoms with E-state index in [1.807, 2.05) is 48.7 Å². The predicted octanol–water partition coefficient (Wildman–Crippen LogP) is 4.40. The summed E-state index contributed by atoms with van der Waals surface area (Å²) in [6, 6.07) is 16.2. The first kappa shape index (κ1) is 15.9. The van der Waals surface area contributed by atoms with Crippen molar-refractivity contribution in [2.24, 2.45) is 0 Å². The smallest absolute Gasteiger partial charge is 0.118 e. The zero-order valence-corrected chi connectivity index (χ0v) is 14.0. The van der Waals surface area contributed by atoms with Crippen LogP contribution in [0, 0.1) is 0 Å². The molecule has 2 aromatic rings. The fourth-order valence-electron chi connectivity index (χ4n) is 1.95. The molecule has 0 aliphatic rings. The topological polar surface area (TPSA) is 26.3 Å². The molecule has 0 bridgehead atoms. The van der Waals surface area contributed by atoms with E-state index in [0.717, 1.165) is 26.7 Å². The first-order chi connectivity index (χ1) is 10.1. The Balaban J connectivity index is 2.23. The van der Waals surface area contributed by atoms with Crippen LogP contribution in [-0.4, -0.2) is 23.8 Å². The van der Waals surface area contributed by atoms with E-state index in [4.69, 9.17) is 4.74 Å². The summed E-state index contributed by atoms with van der Waals surface area (Å²) in [6.07, 6.45) is 5.62. The van der Waals surface area contributed by atoms with Gasteiger partial charge in [0.2, 0.25) is 0 Å². The SMILES string of the molecule is COc1ccc(-c2ccc(/C=C(\SC)S(C)=O)cc2)cc1. The molecule has 0 N–H and O–H groups in total. The number of rotatable bonds is 5. The van der Waals surface area contributed by atoms with E-state index in [9.17, 15) is 4.21 Å². The molecule has 0 aromatic heterocycles. The lowest BCUT2D eigenvalue weighted by Crippen LogP contribution is -1.87. The van der Waals surface area contributed by atoms with E-state index in [2.05, 4.69) is 12.1 Å². The van der Waals surface area contributed by atoms with Crippen molar-refractivity contribution in [3.05, 3.63) is 58.3 Å². The third kappa shape index (κ3) is 4.22. The minimum absolute atomic E-state index is 0.855. The van der Waals surface area contributed by atoms with E-state index in [0.29, 0.717) is 0 Å². The number of benzene rings is 2.